The number of aliphatic hydroxyl groups is 2. The van der Waals surface area contributed by atoms with E-state index in [1.807, 2.05) is 47.8 Å². The number of phenolic OH excluding ortho intramolecular Hbond substituents is 1. The van der Waals surface area contributed by atoms with E-state index in [1.54, 1.807) is 12.1 Å². The number of hydrogen-bond donors (Lipinski definition) is 3. The number of hydrogen-bond acceptors (Lipinski definition) is 5. The van der Waals surface area contributed by atoms with E-state index in [9.17, 15) is 15.3 Å². The van der Waals surface area contributed by atoms with Gasteiger partial charge in [-0.1, -0.05) is 41.9 Å². The molecule has 0 aliphatic heterocycles. The van der Waals surface area contributed by atoms with E-state index in [4.69, 9.17) is 16.3 Å². The summed E-state index contributed by atoms with van der Waals surface area (Å²) in [7, 11) is 0. The van der Waals surface area contributed by atoms with Gasteiger partial charge in [-0.05, 0) is 47.4 Å². The minimum atomic E-state index is -0.830. The number of phenols is 1. The van der Waals surface area contributed by atoms with Gasteiger partial charge in [-0.3, -0.25) is 0 Å². The molecule has 2 atom stereocenters. The number of halogens is 1. The van der Waals surface area contributed by atoms with Crippen LogP contribution in [0.1, 0.15) is 35.5 Å². The van der Waals surface area contributed by atoms with Gasteiger partial charge in [-0.15, -0.1) is 17.1 Å². The number of benzene rings is 2. The van der Waals surface area contributed by atoms with E-state index in [-0.39, 0.29) is 18.8 Å². The maximum atomic E-state index is 10.5. The fourth-order valence-electron chi connectivity index (χ4n) is 2.89. The maximum absolute atomic E-state index is 10.5. The molecular formula is C24H23ClO4S. The molecule has 0 saturated carbocycles. The first-order valence-corrected chi connectivity index (χ1v) is 10.8. The Balaban J connectivity index is 1.72. The molecule has 30 heavy (non-hydrogen) atoms. The number of para-hydroxylation sites is 1. The van der Waals surface area contributed by atoms with Gasteiger partial charge in [-0.2, -0.15) is 0 Å². The van der Waals surface area contributed by atoms with Crippen molar-refractivity contribution in [2.24, 2.45) is 0 Å². The first-order valence-electron chi connectivity index (χ1n) is 9.51. The average Bonchev–Trinajstić information content (AvgIpc) is 3.27. The molecule has 0 fully saturated rings. The lowest BCUT2D eigenvalue weighted by Crippen LogP contribution is -2.05. The van der Waals surface area contributed by atoms with Gasteiger partial charge < -0.3 is 20.1 Å². The average molecular weight is 443 g/mol. The van der Waals surface area contributed by atoms with E-state index >= 15 is 0 Å². The fraction of sp³-hybridized carbons (Fsp3) is 0.208. The van der Waals surface area contributed by atoms with E-state index in [0.717, 1.165) is 16.2 Å². The van der Waals surface area contributed by atoms with Crippen molar-refractivity contribution in [1.29, 1.82) is 0 Å². The molecule has 3 aromatic rings. The van der Waals surface area contributed by atoms with E-state index in [0.29, 0.717) is 17.0 Å². The van der Waals surface area contributed by atoms with Gasteiger partial charge in [0.15, 0.2) is 0 Å². The summed E-state index contributed by atoms with van der Waals surface area (Å²) in [4.78, 5) is 0.880. The highest BCUT2D eigenvalue weighted by atomic mass is 35.5. The second kappa shape index (κ2) is 11.0. The molecule has 0 aliphatic rings. The Morgan fingerprint density at radius 3 is 2.57 bits per heavy atom. The summed E-state index contributed by atoms with van der Waals surface area (Å²) in [5.41, 5.74) is 4.49. The molecule has 4 nitrogen and oxygen atoms in total. The third kappa shape index (κ3) is 6.49. The van der Waals surface area contributed by atoms with Crippen molar-refractivity contribution in [3.63, 3.8) is 0 Å². The normalized spacial score (nSPS) is 12.6. The van der Waals surface area contributed by atoms with Crippen LogP contribution in [0.4, 0.5) is 0 Å². The quantitative estimate of drug-likeness (QED) is 0.365. The molecule has 3 rings (SSSR count). The van der Waals surface area contributed by atoms with Crippen LogP contribution in [0.25, 0.3) is 0 Å². The standard InChI is InChI=1S/C24H23ClO4S/c25-21-15-18(26)11-12-20(21)22(27)9-4-6-17(14-23(28)24-10-5-13-30-24)16-29-19-7-2-1-3-8-19/h1-5,7-8,10-13,15,22-23,26-28H,9,14,16H2/t6?,22-,23-/m1/s1. The summed E-state index contributed by atoms with van der Waals surface area (Å²) in [5.74, 6) is 0.785. The van der Waals surface area contributed by atoms with Gasteiger partial charge in [0.2, 0.25) is 0 Å². The lowest BCUT2D eigenvalue weighted by Gasteiger charge is -2.12. The lowest BCUT2D eigenvalue weighted by molar-refractivity contribution is 0.177. The second-order valence-corrected chi connectivity index (χ2v) is 8.13. The lowest BCUT2D eigenvalue weighted by atomic mass is 10.0. The molecule has 0 aliphatic carbocycles. The largest absolute Gasteiger partial charge is 0.508 e. The zero-order chi connectivity index (χ0) is 21.3. The topological polar surface area (TPSA) is 69.9 Å². The molecule has 1 aromatic heterocycles. The van der Waals surface area contributed by atoms with Crippen LogP contribution in [0.3, 0.4) is 0 Å². The zero-order valence-corrected chi connectivity index (χ0v) is 17.8. The molecule has 0 unspecified atom stereocenters. The molecule has 1 heterocycles. The summed E-state index contributed by atoms with van der Waals surface area (Å²) in [6.45, 7) is 0.277. The second-order valence-electron chi connectivity index (χ2n) is 6.75. The van der Waals surface area contributed by atoms with Crippen molar-refractivity contribution < 1.29 is 20.1 Å². The number of ether oxygens (including phenoxy) is 1. The third-order valence-corrected chi connectivity index (χ3v) is 5.76. The maximum Gasteiger partial charge on any atom is 0.119 e. The SMILES string of the molecule is Oc1ccc([C@H](O)CC=C=C(COc2ccccc2)C[C@@H](O)c2cccs2)c(Cl)c1. The number of thiophene rings is 1. The molecule has 156 valence electrons. The predicted molar refractivity (Wildman–Crippen MR) is 120 cm³/mol. The van der Waals surface area contributed by atoms with Crippen LogP contribution in [0.5, 0.6) is 11.5 Å². The number of aromatic hydroxyl groups is 1. The number of aliphatic hydroxyl groups excluding tert-OH is 2. The highest BCUT2D eigenvalue weighted by Crippen LogP contribution is 2.29. The van der Waals surface area contributed by atoms with Gasteiger partial charge in [0.1, 0.15) is 18.1 Å². The minimum Gasteiger partial charge on any atom is -0.508 e. The molecule has 2 aromatic carbocycles. The predicted octanol–water partition coefficient (Wildman–Crippen LogP) is 5.81. The van der Waals surface area contributed by atoms with Crippen molar-refractivity contribution in [1.82, 2.24) is 0 Å². The van der Waals surface area contributed by atoms with Crippen LogP contribution < -0.4 is 4.74 Å². The summed E-state index contributed by atoms with van der Waals surface area (Å²) in [6.07, 6.45) is 0.911. The molecule has 0 saturated heterocycles. The summed E-state index contributed by atoms with van der Waals surface area (Å²) >= 11 is 7.60. The summed E-state index contributed by atoms with van der Waals surface area (Å²) in [6, 6.07) is 17.7. The molecule has 0 radical (unpaired) electrons. The first-order chi connectivity index (χ1) is 14.5. The Labute approximate surface area is 185 Å². The van der Waals surface area contributed by atoms with Crippen molar-refractivity contribution in [3.8, 4) is 11.5 Å². The van der Waals surface area contributed by atoms with Crippen LogP contribution in [-0.2, 0) is 0 Å². The Morgan fingerprint density at radius 2 is 1.87 bits per heavy atom. The molecule has 3 N–H and O–H groups in total. The highest BCUT2D eigenvalue weighted by molar-refractivity contribution is 7.10. The van der Waals surface area contributed by atoms with E-state index in [2.05, 4.69) is 5.73 Å². The summed E-state index contributed by atoms with van der Waals surface area (Å²) in [5, 5.41) is 32.6. The van der Waals surface area contributed by atoms with Gasteiger partial charge in [0, 0.05) is 23.3 Å². The van der Waals surface area contributed by atoms with Crippen molar-refractivity contribution in [3.05, 3.63) is 98.9 Å². The molecule has 0 spiro atoms. The third-order valence-electron chi connectivity index (χ3n) is 4.46. The molecule has 0 amide bonds. The minimum absolute atomic E-state index is 0.0503. The first kappa shape index (κ1) is 22.2. The smallest absolute Gasteiger partial charge is 0.119 e. The van der Waals surface area contributed by atoms with E-state index in [1.165, 1.54) is 23.5 Å². The Kier molecular flexibility index (Phi) is 8.14. The zero-order valence-electron chi connectivity index (χ0n) is 16.2. The Bertz CT molecular complexity index is 995. The van der Waals surface area contributed by atoms with Gasteiger partial charge >= 0.3 is 0 Å². The summed E-state index contributed by atoms with van der Waals surface area (Å²) < 4.78 is 5.82. The van der Waals surface area contributed by atoms with Gasteiger partial charge in [0.25, 0.3) is 0 Å². The molecule has 0 bridgehead atoms. The molecule has 6 heteroatoms. The van der Waals surface area contributed by atoms with Crippen molar-refractivity contribution >= 4 is 22.9 Å². The van der Waals surface area contributed by atoms with Crippen LogP contribution in [-0.4, -0.2) is 21.9 Å². The van der Waals surface area contributed by atoms with Crippen LogP contribution in [0.15, 0.2) is 83.4 Å². The number of rotatable bonds is 9. The molecular weight excluding hydrogens is 420 g/mol. The van der Waals surface area contributed by atoms with Crippen molar-refractivity contribution in [2.45, 2.75) is 25.0 Å². The Morgan fingerprint density at radius 1 is 1.07 bits per heavy atom. The van der Waals surface area contributed by atoms with Gasteiger partial charge in [-0.25, -0.2) is 0 Å². The van der Waals surface area contributed by atoms with Crippen LogP contribution in [0, 0.1) is 0 Å². The monoisotopic (exact) mass is 442 g/mol. The highest BCUT2D eigenvalue weighted by Gasteiger charge is 2.13. The van der Waals surface area contributed by atoms with Crippen LogP contribution in [0.2, 0.25) is 5.02 Å². The van der Waals surface area contributed by atoms with Gasteiger partial charge in [0.05, 0.1) is 17.2 Å². The van der Waals surface area contributed by atoms with E-state index < -0.39 is 12.2 Å². The Hall–Kier alpha value is -2.53. The van der Waals surface area contributed by atoms with Crippen LogP contribution >= 0.6 is 22.9 Å². The fourth-order valence-corrected chi connectivity index (χ4v) is 3.90. The van der Waals surface area contributed by atoms with Crippen molar-refractivity contribution in [2.75, 3.05) is 6.61 Å².